The molecule has 2 atom stereocenters. The van der Waals surface area contributed by atoms with E-state index in [1.165, 1.54) is 23.9 Å². The lowest BCUT2D eigenvalue weighted by Gasteiger charge is -2.26. The minimum absolute atomic E-state index is 0.0586. The molecule has 0 aliphatic carbocycles. The summed E-state index contributed by atoms with van der Waals surface area (Å²) in [4.78, 5) is 27.0. The molecule has 2 amide bonds. The van der Waals surface area contributed by atoms with Crippen molar-refractivity contribution in [2.45, 2.75) is 31.3 Å². The number of sulfone groups is 2. The predicted octanol–water partition coefficient (Wildman–Crippen LogP) is -1.33. The lowest BCUT2D eigenvalue weighted by atomic mass is 10.2. The largest absolute Gasteiger partial charge is 0.341 e. The molecular formula is C13H22N2O6S2. The summed E-state index contributed by atoms with van der Waals surface area (Å²) >= 11 is 0. The molecular weight excluding hydrogens is 344 g/mol. The Morgan fingerprint density at radius 2 is 1.17 bits per heavy atom. The van der Waals surface area contributed by atoms with Gasteiger partial charge in [-0.2, -0.15) is 0 Å². The highest BCUT2D eigenvalue weighted by molar-refractivity contribution is 7.91. The molecule has 0 N–H and O–H groups in total. The number of nitrogens with zero attached hydrogens (tertiary/aromatic N) is 2. The third kappa shape index (κ3) is 4.43. The smallest absolute Gasteiger partial charge is 0.232 e. The van der Waals surface area contributed by atoms with Crippen molar-refractivity contribution in [1.29, 1.82) is 0 Å². The lowest BCUT2D eigenvalue weighted by Crippen LogP contribution is -2.43. The van der Waals surface area contributed by atoms with E-state index in [1.54, 1.807) is 0 Å². The van der Waals surface area contributed by atoms with Gasteiger partial charge in [0.2, 0.25) is 11.8 Å². The van der Waals surface area contributed by atoms with Gasteiger partial charge in [-0.15, -0.1) is 0 Å². The molecule has 2 aliphatic heterocycles. The van der Waals surface area contributed by atoms with Crippen molar-refractivity contribution >= 4 is 31.5 Å². The van der Waals surface area contributed by atoms with Crippen LogP contribution in [-0.2, 0) is 29.3 Å². The van der Waals surface area contributed by atoms with Gasteiger partial charge in [-0.25, -0.2) is 16.8 Å². The van der Waals surface area contributed by atoms with Crippen LogP contribution < -0.4 is 0 Å². The first kappa shape index (κ1) is 18.2. The van der Waals surface area contributed by atoms with E-state index in [-0.39, 0.29) is 29.4 Å². The molecule has 132 valence electrons. The molecule has 0 aromatic carbocycles. The normalized spacial score (nSPS) is 28.4. The maximum absolute atomic E-state index is 12.2. The number of hydrogen-bond acceptors (Lipinski definition) is 6. The van der Waals surface area contributed by atoms with Gasteiger partial charge >= 0.3 is 0 Å². The maximum Gasteiger partial charge on any atom is 0.232 e. The topological polar surface area (TPSA) is 109 Å². The quantitative estimate of drug-likeness (QED) is 0.570. The number of amides is 2. The average Bonchev–Trinajstić information content (AvgIpc) is 2.99. The van der Waals surface area contributed by atoms with E-state index in [0.717, 1.165) is 0 Å². The molecule has 2 heterocycles. The predicted molar refractivity (Wildman–Crippen MR) is 84.3 cm³/mol. The zero-order chi connectivity index (χ0) is 17.4. The number of carbonyl (C=O) groups excluding carboxylic acids is 2. The molecule has 0 aromatic rings. The van der Waals surface area contributed by atoms with Crippen LogP contribution in [0.1, 0.15) is 19.3 Å². The third-order valence-electron chi connectivity index (χ3n) is 4.60. The van der Waals surface area contributed by atoms with Crippen LogP contribution in [0.3, 0.4) is 0 Å². The summed E-state index contributed by atoms with van der Waals surface area (Å²) in [6.07, 6.45) is 0.394. The number of hydrogen-bond donors (Lipinski definition) is 0. The Hall–Kier alpha value is -1.16. The molecule has 0 radical (unpaired) electrons. The zero-order valence-corrected chi connectivity index (χ0v) is 14.9. The molecule has 0 spiro atoms. The standard InChI is InChI=1S/C13H22N2O6S2/c1-14(10-3-5-22(18,19)8-10)12(16)7-13(17)15(2)11-4-6-23(20,21)9-11/h10-11H,3-9H2,1-2H3. The van der Waals surface area contributed by atoms with Crippen molar-refractivity contribution in [3.05, 3.63) is 0 Å². The fraction of sp³-hybridized carbons (Fsp3) is 0.846. The van der Waals surface area contributed by atoms with Crippen molar-refractivity contribution < 1.29 is 26.4 Å². The second kappa shape index (κ2) is 6.39. The maximum atomic E-state index is 12.2. The SMILES string of the molecule is CN(C(=O)CC(=O)N(C)C1CCS(=O)(=O)C1)C1CCS(=O)(=O)C1. The van der Waals surface area contributed by atoms with Crippen molar-refractivity contribution in [3.8, 4) is 0 Å². The summed E-state index contributed by atoms with van der Waals surface area (Å²) in [6.45, 7) is 0. The Morgan fingerprint density at radius 1 is 0.826 bits per heavy atom. The number of rotatable bonds is 4. The number of carbonyl (C=O) groups is 2. The minimum atomic E-state index is -3.10. The molecule has 2 unspecified atom stereocenters. The highest BCUT2D eigenvalue weighted by Crippen LogP contribution is 2.19. The summed E-state index contributed by atoms with van der Waals surface area (Å²) in [6, 6.07) is -0.782. The Morgan fingerprint density at radius 3 is 1.43 bits per heavy atom. The second-order valence-electron chi connectivity index (χ2n) is 6.30. The van der Waals surface area contributed by atoms with E-state index in [9.17, 15) is 26.4 Å². The van der Waals surface area contributed by atoms with E-state index in [4.69, 9.17) is 0 Å². The lowest BCUT2D eigenvalue weighted by molar-refractivity contribution is -0.141. The van der Waals surface area contributed by atoms with E-state index in [2.05, 4.69) is 0 Å². The van der Waals surface area contributed by atoms with Crippen molar-refractivity contribution in [1.82, 2.24) is 9.80 Å². The van der Waals surface area contributed by atoms with Crippen LogP contribution in [0.5, 0.6) is 0 Å². The summed E-state index contributed by atoms with van der Waals surface area (Å²) < 4.78 is 45.9. The monoisotopic (exact) mass is 366 g/mol. The molecule has 0 bridgehead atoms. The molecule has 10 heteroatoms. The van der Waals surface area contributed by atoms with Crippen LogP contribution in [0.15, 0.2) is 0 Å². The van der Waals surface area contributed by atoms with Gasteiger partial charge in [-0.1, -0.05) is 0 Å². The third-order valence-corrected chi connectivity index (χ3v) is 8.10. The highest BCUT2D eigenvalue weighted by atomic mass is 32.2. The van der Waals surface area contributed by atoms with Crippen LogP contribution >= 0.6 is 0 Å². The minimum Gasteiger partial charge on any atom is -0.341 e. The van der Waals surface area contributed by atoms with Gasteiger partial charge in [-0.05, 0) is 12.8 Å². The van der Waals surface area contributed by atoms with Gasteiger partial charge in [0.25, 0.3) is 0 Å². The summed E-state index contributed by atoms with van der Waals surface area (Å²) in [5, 5.41) is 0. The summed E-state index contributed by atoms with van der Waals surface area (Å²) in [5.74, 6) is -0.901. The summed E-state index contributed by atoms with van der Waals surface area (Å²) in [7, 11) is -3.20. The molecule has 23 heavy (non-hydrogen) atoms. The van der Waals surface area contributed by atoms with Gasteiger partial charge in [0.05, 0.1) is 23.0 Å². The van der Waals surface area contributed by atoms with Crippen LogP contribution in [0.25, 0.3) is 0 Å². The second-order valence-corrected chi connectivity index (χ2v) is 10.8. The Labute approximate surface area is 136 Å². The fourth-order valence-electron chi connectivity index (χ4n) is 2.95. The molecule has 8 nitrogen and oxygen atoms in total. The average molecular weight is 366 g/mol. The first-order valence-corrected chi connectivity index (χ1v) is 11.1. The van der Waals surface area contributed by atoms with Crippen LogP contribution in [0.2, 0.25) is 0 Å². The van der Waals surface area contributed by atoms with Crippen LogP contribution in [0.4, 0.5) is 0 Å². The van der Waals surface area contributed by atoms with Gasteiger partial charge in [0.15, 0.2) is 19.7 Å². The van der Waals surface area contributed by atoms with Crippen LogP contribution in [-0.4, -0.2) is 87.6 Å². The molecule has 2 saturated heterocycles. The molecule has 2 rings (SSSR count). The molecule has 2 aliphatic rings. The van der Waals surface area contributed by atoms with Crippen molar-refractivity contribution in [2.24, 2.45) is 0 Å². The van der Waals surface area contributed by atoms with Gasteiger partial charge < -0.3 is 9.80 Å². The molecule has 0 saturated carbocycles. The fourth-order valence-corrected chi connectivity index (χ4v) is 6.50. The Bertz CT molecular complexity index is 640. The molecule has 2 fully saturated rings. The van der Waals surface area contributed by atoms with E-state index < -0.39 is 43.6 Å². The van der Waals surface area contributed by atoms with Crippen molar-refractivity contribution in [2.75, 3.05) is 37.1 Å². The van der Waals surface area contributed by atoms with Gasteiger partial charge in [0.1, 0.15) is 6.42 Å². The van der Waals surface area contributed by atoms with E-state index in [1.807, 2.05) is 0 Å². The zero-order valence-electron chi connectivity index (χ0n) is 13.3. The van der Waals surface area contributed by atoms with E-state index in [0.29, 0.717) is 12.8 Å². The summed E-state index contributed by atoms with van der Waals surface area (Å²) in [5.41, 5.74) is 0. The van der Waals surface area contributed by atoms with E-state index >= 15 is 0 Å². The Kier molecular flexibility index (Phi) is 5.05. The van der Waals surface area contributed by atoms with Crippen LogP contribution in [0, 0.1) is 0 Å². The van der Waals surface area contributed by atoms with Gasteiger partial charge in [-0.3, -0.25) is 9.59 Å². The van der Waals surface area contributed by atoms with Crippen molar-refractivity contribution in [3.63, 3.8) is 0 Å². The first-order chi connectivity index (χ1) is 10.5. The van der Waals surface area contributed by atoms with Gasteiger partial charge in [0, 0.05) is 26.2 Å². The first-order valence-electron chi connectivity index (χ1n) is 7.43. The highest BCUT2D eigenvalue weighted by Gasteiger charge is 2.36. The Balaban J connectivity index is 1.91. The molecule has 0 aromatic heterocycles.